The molecular weight excluding hydrogens is 312 g/mol. The van der Waals surface area contributed by atoms with E-state index in [0.717, 1.165) is 5.56 Å². The first-order valence-electron chi connectivity index (χ1n) is 7.43. The Bertz CT molecular complexity index is 790. The smallest absolute Gasteiger partial charge is 0.282 e. The maximum atomic E-state index is 12.5. The standard InChI is InChI=1S/C17H16N2O5/c1-18(17(20)13-4-2-3-5-14(13)19(21)22)11-12-6-7-15-16(10-12)24-9-8-23-15/h2-7,10H,8-9,11H2,1H3. The lowest BCUT2D eigenvalue weighted by Gasteiger charge is -2.21. The van der Waals surface area contributed by atoms with Crippen LogP contribution in [0.3, 0.4) is 0 Å². The number of carbonyl (C=O) groups is 1. The molecular formula is C17H16N2O5. The van der Waals surface area contributed by atoms with E-state index in [1.807, 2.05) is 12.1 Å². The molecule has 0 aromatic heterocycles. The zero-order valence-electron chi connectivity index (χ0n) is 13.1. The summed E-state index contributed by atoms with van der Waals surface area (Å²) in [6.45, 7) is 1.31. The van der Waals surface area contributed by atoms with E-state index in [9.17, 15) is 14.9 Å². The van der Waals surface area contributed by atoms with Crippen LogP contribution in [0.2, 0.25) is 0 Å². The Kier molecular flexibility index (Phi) is 4.33. The highest BCUT2D eigenvalue weighted by atomic mass is 16.6. The van der Waals surface area contributed by atoms with E-state index in [4.69, 9.17) is 9.47 Å². The SMILES string of the molecule is CN(Cc1ccc2c(c1)OCCO2)C(=O)c1ccccc1[N+](=O)[O-]. The average molecular weight is 328 g/mol. The first-order chi connectivity index (χ1) is 11.6. The molecule has 1 amide bonds. The summed E-state index contributed by atoms with van der Waals surface area (Å²) in [5, 5.41) is 11.1. The summed E-state index contributed by atoms with van der Waals surface area (Å²) in [5.74, 6) is 0.917. The minimum Gasteiger partial charge on any atom is -0.486 e. The van der Waals surface area contributed by atoms with Crippen molar-refractivity contribution in [2.45, 2.75) is 6.54 Å². The minimum atomic E-state index is -0.550. The van der Waals surface area contributed by atoms with E-state index >= 15 is 0 Å². The van der Waals surface area contributed by atoms with E-state index in [2.05, 4.69) is 0 Å². The van der Waals surface area contributed by atoms with Crippen LogP contribution in [0.15, 0.2) is 42.5 Å². The Balaban J connectivity index is 1.79. The van der Waals surface area contributed by atoms with Gasteiger partial charge < -0.3 is 14.4 Å². The monoisotopic (exact) mass is 328 g/mol. The molecule has 0 unspecified atom stereocenters. The van der Waals surface area contributed by atoms with Gasteiger partial charge in [-0.15, -0.1) is 0 Å². The zero-order valence-corrected chi connectivity index (χ0v) is 13.1. The highest BCUT2D eigenvalue weighted by Gasteiger charge is 2.22. The van der Waals surface area contributed by atoms with Crippen LogP contribution in [0.1, 0.15) is 15.9 Å². The van der Waals surface area contributed by atoms with Gasteiger partial charge >= 0.3 is 0 Å². The van der Waals surface area contributed by atoms with Crippen LogP contribution < -0.4 is 9.47 Å². The van der Waals surface area contributed by atoms with Gasteiger partial charge in [0, 0.05) is 19.7 Å². The van der Waals surface area contributed by atoms with Gasteiger partial charge in [-0.1, -0.05) is 18.2 Å². The summed E-state index contributed by atoms with van der Waals surface area (Å²) in [5.41, 5.74) is 0.729. The maximum Gasteiger partial charge on any atom is 0.282 e. The van der Waals surface area contributed by atoms with E-state index < -0.39 is 10.8 Å². The highest BCUT2D eigenvalue weighted by molar-refractivity contribution is 5.97. The predicted molar refractivity (Wildman–Crippen MR) is 86.3 cm³/mol. The van der Waals surface area contributed by atoms with Crippen LogP contribution in [0.4, 0.5) is 5.69 Å². The van der Waals surface area contributed by atoms with Crippen molar-refractivity contribution in [3.05, 3.63) is 63.7 Å². The van der Waals surface area contributed by atoms with Crippen LogP contribution in [-0.2, 0) is 6.54 Å². The highest BCUT2D eigenvalue weighted by Crippen LogP contribution is 2.31. The fourth-order valence-corrected chi connectivity index (χ4v) is 2.55. The third-order valence-corrected chi connectivity index (χ3v) is 3.70. The van der Waals surface area contributed by atoms with Crippen LogP contribution in [0.5, 0.6) is 11.5 Å². The van der Waals surface area contributed by atoms with Crippen molar-refractivity contribution < 1.29 is 19.2 Å². The normalized spacial score (nSPS) is 12.5. The van der Waals surface area contributed by atoms with Gasteiger partial charge in [-0.2, -0.15) is 0 Å². The molecule has 0 aliphatic carbocycles. The third-order valence-electron chi connectivity index (χ3n) is 3.70. The van der Waals surface area contributed by atoms with Gasteiger partial charge in [-0.3, -0.25) is 14.9 Å². The molecule has 7 heteroatoms. The molecule has 0 fully saturated rings. The van der Waals surface area contributed by atoms with Gasteiger partial charge in [0.1, 0.15) is 18.8 Å². The van der Waals surface area contributed by atoms with Gasteiger partial charge in [0.15, 0.2) is 11.5 Å². The Morgan fingerprint density at radius 1 is 1.17 bits per heavy atom. The molecule has 0 atom stereocenters. The first kappa shape index (κ1) is 15.8. The molecule has 1 aliphatic heterocycles. The summed E-state index contributed by atoms with van der Waals surface area (Å²) in [6, 6.07) is 11.4. The molecule has 2 aromatic rings. The fraction of sp³-hybridized carbons (Fsp3) is 0.235. The quantitative estimate of drug-likeness (QED) is 0.636. The summed E-state index contributed by atoms with van der Waals surface area (Å²) < 4.78 is 11.0. The topological polar surface area (TPSA) is 81.9 Å². The average Bonchev–Trinajstić information content (AvgIpc) is 2.61. The number of benzene rings is 2. The Labute approximate surface area is 138 Å². The first-order valence-corrected chi connectivity index (χ1v) is 7.43. The summed E-state index contributed by atoms with van der Waals surface area (Å²) in [6.07, 6.45) is 0. The van der Waals surface area contributed by atoms with Crippen molar-refractivity contribution in [1.82, 2.24) is 4.90 Å². The number of carbonyl (C=O) groups excluding carboxylic acids is 1. The minimum absolute atomic E-state index is 0.0718. The molecule has 0 saturated heterocycles. The number of nitro benzene ring substituents is 1. The molecule has 0 saturated carbocycles. The molecule has 0 bridgehead atoms. The summed E-state index contributed by atoms with van der Waals surface area (Å²) in [7, 11) is 1.61. The van der Waals surface area contributed by atoms with Crippen molar-refractivity contribution in [3.8, 4) is 11.5 Å². The molecule has 24 heavy (non-hydrogen) atoms. The van der Waals surface area contributed by atoms with E-state index in [1.165, 1.54) is 23.1 Å². The zero-order chi connectivity index (χ0) is 17.1. The predicted octanol–water partition coefficient (Wildman–Crippen LogP) is 2.64. The van der Waals surface area contributed by atoms with E-state index in [0.29, 0.717) is 31.3 Å². The molecule has 3 rings (SSSR count). The van der Waals surface area contributed by atoms with Crippen molar-refractivity contribution >= 4 is 11.6 Å². The largest absolute Gasteiger partial charge is 0.486 e. The lowest BCUT2D eigenvalue weighted by Crippen LogP contribution is -2.27. The lowest BCUT2D eigenvalue weighted by molar-refractivity contribution is -0.385. The molecule has 1 aliphatic rings. The number of hydrogen-bond donors (Lipinski definition) is 0. The second kappa shape index (κ2) is 6.57. The van der Waals surface area contributed by atoms with Crippen molar-refractivity contribution in [1.29, 1.82) is 0 Å². The van der Waals surface area contributed by atoms with Gasteiger partial charge in [0.25, 0.3) is 11.6 Å². The Hall–Kier alpha value is -3.09. The van der Waals surface area contributed by atoms with Crippen molar-refractivity contribution in [2.24, 2.45) is 0 Å². The number of amides is 1. The number of rotatable bonds is 4. The number of nitro groups is 1. The molecule has 1 heterocycles. The van der Waals surface area contributed by atoms with Crippen LogP contribution in [0.25, 0.3) is 0 Å². The number of nitrogens with zero attached hydrogens (tertiary/aromatic N) is 2. The molecule has 2 aromatic carbocycles. The van der Waals surface area contributed by atoms with Gasteiger partial charge in [0.05, 0.1) is 4.92 Å². The number of ether oxygens (including phenoxy) is 2. The molecule has 0 spiro atoms. The van der Waals surface area contributed by atoms with Crippen LogP contribution >= 0.6 is 0 Å². The lowest BCUT2D eigenvalue weighted by atomic mass is 10.1. The Morgan fingerprint density at radius 3 is 2.62 bits per heavy atom. The van der Waals surface area contributed by atoms with Gasteiger partial charge in [-0.25, -0.2) is 0 Å². The third kappa shape index (κ3) is 3.15. The number of para-hydroxylation sites is 1. The molecule has 124 valence electrons. The fourth-order valence-electron chi connectivity index (χ4n) is 2.55. The van der Waals surface area contributed by atoms with Crippen molar-refractivity contribution in [3.63, 3.8) is 0 Å². The van der Waals surface area contributed by atoms with Gasteiger partial charge in [-0.05, 0) is 23.8 Å². The molecule has 7 nitrogen and oxygen atoms in total. The number of hydrogen-bond acceptors (Lipinski definition) is 5. The maximum absolute atomic E-state index is 12.5. The summed E-state index contributed by atoms with van der Waals surface area (Å²) in [4.78, 5) is 24.5. The second-order valence-corrected chi connectivity index (χ2v) is 5.41. The Morgan fingerprint density at radius 2 is 1.88 bits per heavy atom. The van der Waals surface area contributed by atoms with Crippen LogP contribution in [0, 0.1) is 10.1 Å². The summed E-state index contributed by atoms with van der Waals surface area (Å²) >= 11 is 0. The van der Waals surface area contributed by atoms with E-state index in [-0.39, 0.29) is 11.3 Å². The molecule has 0 N–H and O–H groups in total. The number of fused-ring (bicyclic) bond motifs is 1. The van der Waals surface area contributed by atoms with E-state index in [1.54, 1.807) is 19.2 Å². The van der Waals surface area contributed by atoms with Gasteiger partial charge in [0.2, 0.25) is 0 Å². The van der Waals surface area contributed by atoms with Crippen molar-refractivity contribution in [2.75, 3.05) is 20.3 Å². The van der Waals surface area contributed by atoms with Crippen LogP contribution in [-0.4, -0.2) is 36.0 Å². The molecule has 0 radical (unpaired) electrons. The second-order valence-electron chi connectivity index (χ2n) is 5.41.